The maximum Gasteiger partial charge on any atom is 0.0642 e. The van der Waals surface area contributed by atoms with Crippen LogP contribution in [0.25, 0.3) is 0 Å². The molecule has 3 rings (SSSR count). The van der Waals surface area contributed by atoms with Crippen LogP contribution in [0.3, 0.4) is 0 Å². The van der Waals surface area contributed by atoms with Gasteiger partial charge in [-0.25, -0.2) is 0 Å². The van der Waals surface area contributed by atoms with Gasteiger partial charge in [-0.15, -0.1) is 0 Å². The molecule has 1 aromatic rings. The van der Waals surface area contributed by atoms with Crippen molar-refractivity contribution >= 4 is 5.69 Å². The van der Waals surface area contributed by atoms with E-state index in [4.69, 9.17) is 4.74 Å². The van der Waals surface area contributed by atoms with Crippen LogP contribution in [0.1, 0.15) is 18.9 Å². The molecule has 1 saturated carbocycles. The van der Waals surface area contributed by atoms with Crippen molar-refractivity contribution < 1.29 is 4.74 Å². The molecule has 2 fully saturated rings. The van der Waals surface area contributed by atoms with Crippen molar-refractivity contribution in [3.8, 4) is 0 Å². The lowest BCUT2D eigenvalue weighted by Gasteiger charge is -2.28. The molecule has 98 valence electrons. The van der Waals surface area contributed by atoms with E-state index in [9.17, 15) is 0 Å². The van der Waals surface area contributed by atoms with Gasteiger partial charge in [0.15, 0.2) is 0 Å². The fraction of sp³-hybridized carbons (Fsp3) is 0.600. The Labute approximate surface area is 109 Å². The van der Waals surface area contributed by atoms with Crippen LogP contribution in [0.4, 0.5) is 5.69 Å². The first-order valence-corrected chi connectivity index (χ1v) is 6.98. The average molecular weight is 246 g/mol. The molecule has 3 heteroatoms. The smallest absolute Gasteiger partial charge is 0.0642 e. The Bertz CT molecular complexity index is 384. The predicted molar refractivity (Wildman–Crippen MR) is 73.9 cm³/mol. The quantitative estimate of drug-likeness (QED) is 0.879. The molecule has 1 saturated heterocycles. The Morgan fingerprint density at radius 2 is 1.89 bits per heavy atom. The van der Waals surface area contributed by atoms with Crippen LogP contribution in [0, 0.1) is 5.92 Å². The minimum Gasteiger partial charge on any atom is -0.378 e. The van der Waals surface area contributed by atoms with E-state index in [2.05, 4.69) is 41.4 Å². The van der Waals surface area contributed by atoms with Gasteiger partial charge in [-0.3, -0.25) is 0 Å². The number of morpholine rings is 1. The van der Waals surface area contributed by atoms with Gasteiger partial charge < -0.3 is 15.0 Å². The molecule has 3 nitrogen and oxygen atoms in total. The summed E-state index contributed by atoms with van der Waals surface area (Å²) in [5.74, 6) is 0.873. The molecule has 0 aromatic heterocycles. The third-order valence-electron chi connectivity index (χ3n) is 3.99. The molecule has 0 bridgehead atoms. The highest BCUT2D eigenvalue weighted by atomic mass is 16.5. The van der Waals surface area contributed by atoms with Gasteiger partial charge in [-0.2, -0.15) is 0 Å². The summed E-state index contributed by atoms with van der Waals surface area (Å²) < 4.78 is 5.38. The minimum absolute atomic E-state index is 0.754. The number of nitrogens with zero attached hydrogens (tertiary/aromatic N) is 1. The van der Waals surface area contributed by atoms with Crippen LogP contribution >= 0.6 is 0 Å². The zero-order valence-corrected chi connectivity index (χ0v) is 11.1. The Kier molecular flexibility index (Phi) is 3.52. The molecule has 0 spiro atoms. The molecule has 1 N–H and O–H groups in total. The summed E-state index contributed by atoms with van der Waals surface area (Å²) in [5, 5.41) is 3.59. The standard InChI is InChI=1S/C15H22N2O/c1-12-10-15(12)16-11-13-2-4-14(5-3-13)17-6-8-18-9-7-17/h2-5,12,15-16H,6-11H2,1H3/t12-,15-/m0/s1. The molecular weight excluding hydrogens is 224 g/mol. The number of anilines is 1. The monoisotopic (exact) mass is 246 g/mol. The third kappa shape index (κ3) is 2.85. The van der Waals surface area contributed by atoms with Gasteiger partial charge in [0.25, 0.3) is 0 Å². The van der Waals surface area contributed by atoms with Gasteiger partial charge in [0.1, 0.15) is 0 Å². The molecule has 18 heavy (non-hydrogen) atoms. The molecule has 0 unspecified atom stereocenters. The summed E-state index contributed by atoms with van der Waals surface area (Å²) in [6.45, 7) is 7.03. The summed E-state index contributed by atoms with van der Waals surface area (Å²) >= 11 is 0. The van der Waals surface area contributed by atoms with Crippen LogP contribution in [0.5, 0.6) is 0 Å². The molecule has 1 aliphatic heterocycles. The van der Waals surface area contributed by atoms with E-state index < -0.39 is 0 Å². The number of nitrogens with one attached hydrogen (secondary N) is 1. The van der Waals surface area contributed by atoms with Gasteiger partial charge in [-0.1, -0.05) is 19.1 Å². The van der Waals surface area contributed by atoms with Crippen molar-refractivity contribution in [2.75, 3.05) is 31.2 Å². The normalized spacial score (nSPS) is 27.3. The van der Waals surface area contributed by atoms with Crippen molar-refractivity contribution in [2.45, 2.75) is 25.9 Å². The first kappa shape index (κ1) is 12.0. The highest BCUT2D eigenvalue weighted by Crippen LogP contribution is 2.29. The molecule has 2 atom stereocenters. The van der Waals surface area contributed by atoms with Crippen LogP contribution in [-0.4, -0.2) is 32.3 Å². The second kappa shape index (κ2) is 5.29. The predicted octanol–water partition coefficient (Wildman–Crippen LogP) is 2.02. The SMILES string of the molecule is C[C@H]1C[C@@H]1NCc1ccc(N2CCOCC2)cc1. The van der Waals surface area contributed by atoms with E-state index in [1.807, 2.05) is 0 Å². The molecule has 1 heterocycles. The number of rotatable bonds is 4. The first-order chi connectivity index (χ1) is 8.83. The van der Waals surface area contributed by atoms with E-state index in [1.165, 1.54) is 17.7 Å². The Balaban J connectivity index is 1.54. The first-order valence-electron chi connectivity index (χ1n) is 6.98. The second-order valence-electron chi connectivity index (χ2n) is 5.47. The molecule has 1 aromatic carbocycles. The van der Waals surface area contributed by atoms with Crippen LogP contribution in [0.15, 0.2) is 24.3 Å². The van der Waals surface area contributed by atoms with E-state index in [-0.39, 0.29) is 0 Å². The largest absolute Gasteiger partial charge is 0.378 e. The van der Waals surface area contributed by atoms with Crippen LogP contribution in [0.2, 0.25) is 0 Å². The zero-order chi connectivity index (χ0) is 12.4. The maximum absolute atomic E-state index is 5.38. The lowest BCUT2D eigenvalue weighted by atomic mass is 10.2. The molecule has 1 aliphatic carbocycles. The summed E-state index contributed by atoms with van der Waals surface area (Å²) in [4.78, 5) is 2.39. The maximum atomic E-state index is 5.38. The minimum atomic E-state index is 0.754. The van der Waals surface area contributed by atoms with Gasteiger partial charge in [-0.05, 0) is 30.0 Å². The highest BCUT2D eigenvalue weighted by molar-refractivity contribution is 5.47. The average Bonchev–Trinajstić information content (AvgIpc) is 3.14. The highest BCUT2D eigenvalue weighted by Gasteiger charge is 2.31. The summed E-state index contributed by atoms with van der Waals surface area (Å²) in [5.41, 5.74) is 2.70. The van der Waals surface area contributed by atoms with E-state index >= 15 is 0 Å². The molecule has 0 radical (unpaired) electrons. The van der Waals surface area contributed by atoms with Crippen molar-refractivity contribution in [3.63, 3.8) is 0 Å². The van der Waals surface area contributed by atoms with Crippen LogP contribution in [-0.2, 0) is 11.3 Å². The van der Waals surface area contributed by atoms with Crippen molar-refractivity contribution in [1.82, 2.24) is 5.32 Å². The fourth-order valence-electron chi connectivity index (χ4n) is 2.50. The zero-order valence-electron chi connectivity index (χ0n) is 11.1. The summed E-state index contributed by atoms with van der Waals surface area (Å²) in [6.07, 6.45) is 1.34. The molecule has 2 aliphatic rings. The van der Waals surface area contributed by atoms with Crippen molar-refractivity contribution in [1.29, 1.82) is 0 Å². The summed E-state index contributed by atoms with van der Waals surface area (Å²) in [6, 6.07) is 9.71. The van der Waals surface area contributed by atoms with E-state index in [0.717, 1.165) is 44.8 Å². The van der Waals surface area contributed by atoms with Gasteiger partial charge in [0.2, 0.25) is 0 Å². The Morgan fingerprint density at radius 3 is 2.50 bits per heavy atom. The Hall–Kier alpha value is -1.06. The lowest BCUT2D eigenvalue weighted by molar-refractivity contribution is 0.122. The molecular formula is C15H22N2O. The second-order valence-corrected chi connectivity index (χ2v) is 5.47. The fourth-order valence-corrected chi connectivity index (χ4v) is 2.50. The number of hydrogen-bond donors (Lipinski definition) is 1. The van der Waals surface area contributed by atoms with E-state index in [0.29, 0.717) is 0 Å². The Morgan fingerprint density at radius 1 is 1.22 bits per heavy atom. The number of ether oxygens (including phenoxy) is 1. The van der Waals surface area contributed by atoms with Gasteiger partial charge >= 0.3 is 0 Å². The van der Waals surface area contributed by atoms with Crippen molar-refractivity contribution in [2.24, 2.45) is 5.92 Å². The topological polar surface area (TPSA) is 24.5 Å². The van der Waals surface area contributed by atoms with Crippen molar-refractivity contribution in [3.05, 3.63) is 29.8 Å². The summed E-state index contributed by atoms with van der Waals surface area (Å²) in [7, 11) is 0. The number of benzene rings is 1. The molecule has 0 amide bonds. The third-order valence-corrected chi connectivity index (χ3v) is 3.99. The number of hydrogen-bond acceptors (Lipinski definition) is 3. The lowest BCUT2D eigenvalue weighted by Crippen LogP contribution is -2.36. The van der Waals surface area contributed by atoms with Gasteiger partial charge in [0, 0.05) is 31.4 Å². The van der Waals surface area contributed by atoms with Gasteiger partial charge in [0.05, 0.1) is 13.2 Å². The van der Waals surface area contributed by atoms with E-state index in [1.54, 1.807) is 0 Å². The van der Waals surface area contributed by atoms with Crippen LogP contribution < -0.4 is 10.2 Å².